The first-order valence-corrected chi connectivity index (χ1v) is 15.5. The number of nitrogens with one attached hydrogen (secondary N) is 2. The average molecular weight is 756 g/mol. The van der Waals surface area contributed by atoms with Gasteiger partial charge in [0, 0.05) is 55.9 Å². The van der Waals surface area contributed by atoms with Crippen LogP contribution >= 0.6 is 0 Å². The van der Waals surface area contributed by atoms with Crippen LogP contribution in [0.2, 0.25) is 0 Å². The number of carbonyl (C=O) groups is 7. The molecule has 0 radical (unpaired) electrons. The van der Waals surface area contributed by atoms with Crippen LogP contribution in [0.4, 0.5) is 0 Å². The van der Waals surface area contributed by atoms with Crippen LogP contribution in [-0.2, 0) is 40.0 Å². The van der Waals surface area contributed by atoms with E-state index in [4.69, 9.17) is 11.5 Å². The first-order valence-electron chi connectivity index (χ1n) is 15.5. The van der Waals surface area contributed by atoms with Gasteiger partial charge in [-0.1, -0.05) is 0 Å². The standard InChI is InChI=1S/C6H14N4O2.C6H9N3O2.C6H14N2O2.C5H9NO4.C4H7NO4/c7-4(5(11)12)2-1-3-10-6(8)9;7-5(6(10)11)1-4-2-8-3-9-4;7-4-2-1-3-5(8)6(9)10;6-3(5(9)10)1-2-4(7)8;5-2(4(8)9)1-3(6)7/h4H,1-3,7H2,(H,11,12)(H4,8,9,10);2-3,5H,1,7H2,(H,8,9)(H,10,11);5H,1-4,7-8H2,(H,9,10);3H,1-2,6H2,(H,7,8)(H,9,10);2H,1,5H2,(H,6,7)(H,8,9). The van der Waals surface area contributed by atoms with Crippen LogP contribution in [0.15, 0.2) is 12.5 Å². The average Bonchev–Trinajstić information content (AvgIpc) is 3.55. The Morgan fingerprint density at radius 2 is 1.10 bits per heavy atom. The number of aromatic nitrogens is 2. The van der Waals surface area contributed by atoms with E-state index in [0.717, 1.165) is 25.1 Å². The fraction of sp³-hybridized carbons (Fsp3) is 0.593. The number of H-pyrrole nitrogens is 1. The van der Waals surface area contributed by atoms with E-state index in [1.807, 2.05) is 0 Å². The summed E-state index contributed by atoms with van der Waals surface area (Å²) < 4.78 is 0. The lowest BCUT2D eigenvalue weighted by Gasteiger charge is -2.08. The molecular formula is C27H53N11O14. The van der Waals surface area contributed by atoms with Crippen molar-refractivity contribution in [2.24, 2.45) is 11.5 Å². The van der Waals surface area contributed by atoms with Crippen molar-refractivity contribution in [2.45, 2.75) is 88.0 Å². The van der Waals surface area contributed by atoms with E-state index in [2.05, 4.69) is 49.4 Å². The Kier molecular flexibility index (Phi) is 33.6. The molecule has 0 amide bonds. The Hall–Kier alpha value is -5.47. The summed E-state index contributed by atoms with van der Waals surface area (Å²) in [6, 6.07) is -4.10. The highest BCUT2D eigenvalue weighted by atomic mass is 16.4. The van der Waals surface area contributed by atoms with Crippen LogP contribution in [0.1, 0.15) is 57.1 Å². The highest BCUT2D eigenvalue weighted by Crippen LogP contribution is 1.95. The molecule has 1 rings (SSSR count). The molecule has 0 bridgehead atoms. The number of hydrogen-bond donors (Lipinski definition) is 10. The lowest BCUT2D eigenvalue weighted by atomic mass is 10.1. The Labute approximate surface area is 297 Å². The minimum absolute atomic E-state index is 0.0370. The number of rotatable bonds is 20. The Bertz CT molecular complexity index is 1220. The summed E-state index contributed by atoms with van der Waals surface area (Å²) in [6.45, 7) is 1.42. The van der Waals surface area contributed by atoms with Gasteiger partial charge in [-0.15, -0.1) is 0 Å². The third-order valence-corrected chi connectivity index (χ3v) is 5.91. The molecule has 24 N–H and O–H groups in total. The number of carboxylic acids is 7. The number of unbranched alkanes of at least 4 members (excludes halogenated alkanes) is 1. The van der Waals surface area contributed by atoms with E-state index in [9.17, 15) is 69.3 Å². The van der Waals surface area contributed by atoms with Crippen LogP contribution in [-0.4, -0.2) is 101 Å². The molecule has 0 fully saturated rings. The van der Waals surface area contributed by atoms with E-state index in [1.54, 1.807) is 6.20 Å². The van der Waals surface area contributed by atoms with Crippen molar-refractivity contribution >= 4 is 47.7 Å². The number of imidazole rings is 1. The molecule has 1 aromatic rings. The van der Waals surface area contributed by atoms with Crippen molar-refractivity contribution in [1.29, 1.82) is 0 Å². The normalized spacial score (nSPS) is 12.6. The number of hydrogen-bond acceptors (Lipinski definition) is 15. The first kappa shape index (κ1) is 53.3. The fourth-order valence-electron chi connectivity index (χ4n) is 2.82. The van der Waals surface area contributed by atoms with Crippen LogP contribution in [0, 0.1) is 0 Å². The van der Waals surface area contributed by atoms with Crippen molar-refractivity contribution in [3.8, 4) is 0 Å². The van der Waals surface area contributed by atoms with E-state index in [-0.39, 0.29) is 18.8 Å². The number of guanidine groups is 1. The van der Waals surface area contributed by atoms with Crippen molar-refractivity contribution in [2.75, 3.05) is 13.1 Å². The van der Waals surface area contributed by atoms with Gasteiger partial charge < -0.3 is 109 Å². The molecule has 0 aliphatic heterocycles. The van der Waals surface area contributed by atoms with Gasteiger partial charge in [-0.25, -0.2) is 4.98 Å². The lowest BCUT2D eigenvalue weighted by molar-refractivity contribution is -0.466. The second-order valence-corrected chi connectivity index (χ2v) is 10.7. The molecule has 0 aliphatic carbocycles. The maximum absolute atomic E-state index is 10.2. The molecule has 5 unspecified atom stereocenters. The summed E-state index contributed by atoms with van der Waals surface area (Å²) in [5, 5.41) is 69.6. The van der Waals surface area contributed by atoms with E-state index >= 15 is 0 Å². The summed E-state index contributed by atoms with van der Waals surface area (Å²) in [6.07, 6.45) is 6.06. The molecule has 5 atom stereocenters. The van der Waals surface area contributed by atoms with Gasteiger partial charge in [0.2, 0.25) is 0 Å². The fourth-order valence-corrected chi connectivity index (χ4v) is 2.82. The van der Waals surface area contributed by atoms with Crippen LogP contribution < -0.4 is 86.6 Å². The molecule has 1 heterocycles. The number of carbonyl (C=O) groups excluding carboxylic acids is 7. The van der Waals surface area contributed by atoms with Crippen LogP contribution in [0.5, 0.6) is 0 Å². The molecule has 0 saturated heterocycles. The quantitative estimate of drug-likeness (QED) is 0.0335. The molecule has 300 valence electrons. The van der Waals surface area contributed by atoms with Crippen molar-refractivity contribution in [3.05, 3.63) is 18.2 Å². The van der Waals surface area contributed by atoms with E-state index in [1.165, 1.54) is 6.33 Å². The van der Waals surface area contributed by atoms with Gasteiger partial charge in [0.05, 0.1) is 49.3 Å². The summed E-state index contributed by atoms with van der Waals surface area (Å²) >= 11 is 0. The summed E-state index contributed by atoms with van der Waals surface area (Å²) in [5.41, 5.74) is 31.0. The highest BCUT2D eigenvalue weighted by Gasteiger charge is 2.09. The maximum atomic E-state index is 10.2. The molecule has 1 aromatic heterocycles. The SMILES string of the molecule is NC(N)=[NH+]CCCC([NH3+])C(=O)[O-].[NH3+]C(CC(=O)[O-])C(=O)[O-].[NH3+]C(CCC(=O)[O-])C(=O)[O-].[NH3+]C(Cc1cnc[nH]1)C(=O)[O-].[NH3+]CCCCC([NH3+])C(=O)[O-]. The number of quaternary nitrogens is 6. The van der Waals surface area contributed by atoms with Crippen LogP contribution in [0.25, 0.3) is 0 Å². The largest absolute Gasteiger partial charge is 0.550 e. The van der Waals surface area contributed by atoms with Gasteiger partial charge in [0.1, 0.15) is 30.2 Å². The van der Waals surface area contributed by atoms with E-state index in [0.29, 0.717) is 32.2 Å². The Balaban J connectivity index is -0.000000278. The second-order valence-electron chi connectivity index (χ2n) is 10.7. The molecule has 25 nitrogen and oxygen atoms in total. The Morgan fingerprint density at radius 3 is 1.42 bits per heavy atom. The van der Waals surface area contributed by atoms with E-state index < -0.39 is 78.4 Å². The molecule has 0 aliphatic rings. The summed E-state index contributed by atoms with van der Waals surface area (Å²) in [7, 11) is 0. The number of aliphatic carboxylic acids is 7. The summed E-state index contributed by atoms with van der Waals surface area (Å²) in [4.78, 5) is 78.8. The predicted molar refractivity (Wildman–Crippen MR) is 155 cm³/mol. The van der Waals surface area contributed by atoms with Gasteiger partial charge in [-0.3, -0.25) is 16.5 Å². The number of nitrogens with zero attached hydrogens (tertiary/aromatic N) is 1. The third kappa shape index (κ3) is 39.0. The minimum atomic E-state index is -1.47. The minimum Gasteiger partial charge on any atom is -0.550 e. The van der Waals surface area contributed by atoms with Gasteiger partial charge >= 0.3 is 5.96 Å². The van der Waals surface area contributed by atoms with Gasteiger partial charge in [0.15, 0.2) is 0 Å². The van der Waals surface area contributed by atoms with Gasteiger partial charge in [0.25, 0.3) is 0 Å². The van der Waals surface area contributed by atoms with Gasteiger partial charge in [-0.2, -0.15) is 0 Å². The molecule has 0 saturated carbocycles. The zero-order chi connectivity index (χ0) is 41.4. The first-order chi connectivity index (χ1) is 24.0. The zero-order valence-electron chi connectivity index (χ0n) is 28.9. The smallest absolute Gasteiger partial charge is 0.338 e. The van der Waals surface area contributed by atoms with Crippen molar-refractivity contribution in [3.63, 3.8) is 0 Å². The third-order valence-electron chi connectivity index (χ3n) is 5.91. The summed E-state index contributed by atoms with van der Waals surface area (Å²) in [5.74, 6) is -8.68. The lowest BCUT2D eigenvalue weighted by Crippen LogP contribution is -2.78. The maximum Gasteiger partial charge on any atom is 0.338 e. The molecular weight excluding hydrogens is 702 g/mol. The molecule has 0 aromatic carbocycles. The second kappa shape index (κ2) is 32.7. The van der Waals surface area contributed by atoms with Crippen LogP contribution in [0.3, 0.4) is 0 Å². The monoisotopic (exact) mass is 755 g/mol. The molecule has 0 spiro atoms. The Morgan fingerprint density at radius 1 is 0.654 bits per heavy atom. The predicted octanol–water partition coefficient (Wildman–Crippen LogP) is -20.1. The molecule has 52 heavy (non-hydrogen) atoms. The zero-order valence-corrected chi connectivity index (χ0v) is 28.9. The highest BCUT2D eigenvalue weighted by molar-refractivity contribution is 5.76. The number of carboxylic acid groups (broad SMARTS) is 7. The van der Waals surface area contributed by atoms with Crippen molar-refractivity contribution in [1.82, 2.24) is 9.97 Å². The number of aromatic amines is 1. The number of nitrogens with two attached hydrogens (primary N) is 2. The van der Waals surface area contributed by atoms with Crippen molar-refractivity contribution < 1.29 is 109 Å². The van der Waals surface area contributed by atoms with Gasteiger partial charge in [-0.05, 0) is 25.7 Å². The topological polar surface area (TPSA) is 541 Å². The molecule has 25 heteroatoms.